The van der Waals surface area contributed by atoms with Crippen LogP contribution in [0.5, 0.6) is 5.75 Å². The Morgan fingerprint density at radius 2 is 1.88 bits per heavy atom. The fraction of sp³-hybridized carbons (Fsp3) is 0.538. The largest absolute Gasteiger partial charge is 0.493 e. The summed E-state index contributed by atoms with van der Waals surface area (Å²) >= 11 is 0. The zero-order chi connectivity index (χ0) is 12.8. The number of hydrogen-bond donors (Lipinski definition) is 2. The molecule has 17 heavy (non-hydrogen) atoms. The van der Waals surface area contributed by atoms with Crippen LogP contribution in [0.15, 0.2) is 18.2 Å². The summed E-state index contributed by atoms with van der Waals surface area (Å²) < 4.78 is 5.75. The van der Waals surface area contributed by atoms with Gasteiger partial charge in [0.05, 0.1) is 6.61 Å². The summed E-state index contributed by atoms with van der Waals surface area (Å²) in [6.45, 7) is 6.95. The molecule has 2 N–H and O–H groups in total. The van der Waals surface area contributed by atoms with Gasteiger partial charge in [-0.05, 0) is 29.9 Å². The molecule has 0 aliphatic rings. The van der Waals surface area contributed by atoms with Crippen LogP contribution in [0, 0.1) is 12.8 Å². The Hall–Kier alpha value is -0.995. The number of benzene rings is 1. The molecule has 1 aromatic rings. The minimum atomic E-state index is -1.42. The maximum absolute atomic E-state index is 9.05. The predicted octanol–water partition coefficient (Wildman–Crippen LogP) is 1.49. The Balaban J connectivity index is 2.66. The maximum Gasteiger partial charge on any atom is 0.488 e. The SMILES string of the molecule is CCC(CC)COc1ccc(B(O)O)cc1C. The number of hydrogen-bond acceptors (Lipinski definition) is 3. The van der Waals surface area contributed by atoms with Gasteiger partial charge in [-0.3, -0.25) is 0 Å². The van der Waals surface area contributed by atoms with Crippen molar-refractivity contribution < 1.29 is 14.8 Å². The van der Waals surface area contributed by atoms with Crippen LogP contribution in [-0.2, 0) is 0 Å². The molecule has 0 atom stereocenters. The molecule has 0 spiro atoms. The van der Waals surface area contributed by atoms with Gasteiger partial charge in [0.2, 0.25) is 0 Å². The van der Waals surface area contributed by atoms with Gasteiger partial charge in [-0.25, -0.2) is 0 Å². The van der Waals surface area contributed by atoms with Gasteiger partial charge in [0.15, 0.2) is 0 Å². The highest BCUT2D eigenvalue weighted by Gasteiger charge is 2.13. The predicted molar refractivity (Wildman–Crippen MR) is 70.6 cm³/mol. The maximum atomic E-state index is 9.05. The summed E-state index contributed by atoms with van der Waals surface area (Å²) in [5, 5.41) is 18.1. The van der Waals surface area contributed by atoms with E-state index >= 15 is 0 Å². The first-order chi connectivity index (χ1) is 8.08. The third kappa shape index (κ3) is 4.06. The van der Waals surface area contributed by atoms with Crippen LogP contribution in [0.2, 0.25) is 0 Å². The summed E-state index contributed by atoms with van der Waals surface area (Å²) in [4.78, 5) is 0. The second-order valence-electron chi connectivity index (χ2n) is 4.39. The van der Waals surface area contributed by atoms with Gasteiger partial charge < -0.3 is 14.8 Å². The van der Waals surface area contributed by atoms with E-state index in [4.69, 9.17) is 14.8 Å². The van der Waals surface area contributed by atoms with E-state index < -0.39 is 7.12 Å². The zero-order valence-electron chi connectivity index (χ0n) is 10.8. The molecular formula is C13H21BO3. The lowest BCUT2D eigenvalue weighted by Crippen LogP contribution is -2.29. The number of aryl methyl sites for hydroxylation is 1. The van der Waals surface area contributed by atoms with E-state index in [2.05, 4.69) is 13.8 Å². The fourth-order valence-electron chi connectivity index (χ4n) is 1.73. The molecule has 0 bridgehead atoms. The topological polar surface area (TPSA) is 49.7 Å². The van der Waals surface area contributed by atoms with Crippen molar-refractivity contribution in [3.05, 3.63) is 23.8 Å². The second-order valence-corrected chi connectivity index (χ2v) is 4.39. The van der Waals surface area contributed by atoms with Crippen molar-refractivity contribution in [1.82, 2.24) is 0 Å². The van der Waals surface area contributed by atoms with Crippen LogP contribution < -0.4 is 10.2 Å². The normalized spacial score (nSPS) is 10.7. The van der Waals surface area contributed by atoms with Crippen molar-refractivity contribution >= 4 is 12.6 Å². The van der Waals surface area contributed by atoms with Crippen molar-refractivity contribution in [1.29, 1.82) is 0 Å². The van der Waals surface area contributed by atoms with Gasteiger partial charge in [0, 0.05) is 0 Å². The van der Waals surface area contributed by atoms with Crippen molar-refractivity contribution in [3.8, 4) is 5.75 Å². The van der Waals surface area contributed by atoms with E-state index in [1.807, 2.05) is 6.92 Å². The molecule has 0 fully saturated rings. The lowest BCUT2D eigenvalue weighted by molar-refractivity contribution is 0.239. The average molecular weight is 236 g/mol. The van der Waals surface area contributed by atoms with E-state index in [1.165, 1.54) is 0 Å². The first-order valence-corrected chi connectivity index (χ1v) is 6.17. The Morgan fingerprint density at radius 3 is 2.35 bits per heavy atom. The molecule has 3 nitrogen and oxygen atoms in total. The van der Waals surface area contributed by atoms with Crippen LogP contribution in [0.25, 0.3) is 0 Å². The lowest BCUT2D eigenvalue weighted by Gasteiger charge is -2.15. The summed E-state index contributed by atoms with van der Waals surface area (Å²) in [7, 11) is -1.42. The third-order valence-corrected chi connectivity index (χ3v) is 3.13. The van der Waals surface area contributed by atoms with Crippen molar-refractivity contribution in [2.75, 3.05) is 6.61 Å². The van der Waals surface area contributed by atoms with E-state index in [-0.39, 0.29) is 0 Å². The van der Waals surface area contributed by atoms with Gasteiger partial charge in [0.25, 0.3) is 0 Å². The van der Waals surface area contributed by atoms with Gasteiger partial charge in [-0.15, -0.1) is 0 Å². The fourth-order valence-corrected chi connectivity index (χ4v) is 1.73. The van der Waals surface area contributed by atoms with E-state index in [0.29, 0.717) is 11.4 Å². The molecule has 0 saturated heterocycles. The summed E-state index contributed by atoms with van der Waals surface area (Å²) in [6.07, 6.45) is 2.23. The van der Waals surface area contributed by atoms with Gasteiger partial charge in [0.1, 0.15) is 5.75 Å². The molecule has 0 aliphatic heterocycles. The van der Waals surface area contributed by atoms with E-state index in [1.54, 1.807) is 18.2 Å². The molecular weight excluding hydrogens is 215 g/mol. The molecule has 94 valence electrons. The Bertz CT molecular complexity index is 349. The monoisotopic (exact) mass is 236 g/mol. The molecule has 1 rings (SSSR count). The van der Waals surface area contributed by atoms with Crippen molar-refractivity contribution in [2.45, 2.75) is 33.6 Å². The number of rotatable bonds is 6. The highest BCUT2D eigenvalue weighted by molar-refractivity contribution is 6.58. The van der Waals surface area contributed by atoms with Gasteiger partial charge in [-0.1, -0.05) is 38.8 Å². The van der Waals surface area contributed by atoms with Crippen LogP contribution in [0.1, 0.15) is 32.3 Å². The van der Waals surface area contributed by atoms with Crippen LogP contribution in [0.3, 0.4) is 0 Å². The highest BCUT2D eigenvalue weighted by atomic mass is 16.5. The van der Waals surface area contributed by atoms with Crippen molar-refractivity contribution in [2.24, 2.45) is 5.92 Å². The molecule has 0 heterocycles. The Kier molecular flexibility index (Phi) is 5.52. The third-order valence-electron chi connectivity index (χ3n) is 3.13. The molecule has 0 aromatic heterocycles. The van der Waals surface area contributed by atoms with Crippen LogP contribution in [0.4, 0.5) is 0 Å². The Morgan fingerprint density at radius 1 is 1.24 bits per heavy atom. The number of ether oxygens (including phenoxy) is 1. The molecule has 0 amide bonds. The zero-order valence-corrected chi connectivity index (χ0v) is 10.8. The van der Waals surface area contributed by atoms with Crippen LogP contribution >= 0.6 is 0 Å². The smallest absolute Gasteiger partial charge is 0.488 e. The minimum Gasteiger partial charge on any atom is -0.493 e. The second kappa shape index (κ2) is 6.67. The van der Waals surface area contributed by atoms with Gasteiger partial charge in [-0.2, -0.15) is 0 Å². The quantitative estimate of drug-likeness (QED) is 0.735. The van der Waals surface area contributed by atoms with Crippen molar-refractivity contribution in [3.63, 3.8) is 0 Å². The first-order valence-electron chi connectivity index (χ1n) is 6.17. The summed E-state index contributed by atoms with van der Waals surface area (Å²) in [5.74, 6) is 1.40. The lowest BCUT2D eigenvalue weighted by atomic mass is 9.79. The molecule has 0 radical (unpaired) electrons. The molecule has 0 unspecified atom stereocenters. The molecule has 4 heteroatoms. The van der Waals surface area contributed by atoms with Gasteiger partial charge >= 0.3 is 7.12 Å². The van der Waals surface area contributed by atoms with E-state index in [0.717, 1.165) is 30.8 Å². The Labute approximate surface area is 104 Å². The summed E-state index contributed by atoms with van der Waals surface area (Å²) in [5.41, 5.74) is 1.43. The standard InChI is InChI=1S/C13H21BO3/c1-4-11(5-2)9-17-13-7-6-12(14(15)16)8-10(13)3/h6-8,11,15-16H,4-5,9H2,1-3H3. The average Bonchev–Trinajstić information content (AvgIpc) is 2.31. The summed E-state index contributed by atoms with van der Waals surface area (Å²) in [6, 6.07) is 5.22. The molecule has 1 aromatic carbocycles. The molecule has 0 saturated carbocycles. The van der Waals surface area contributed by atoms with E-state index in [9.17, 15) is 0 Å². The highest BCUT2D eigenvalue weighted by Crippen LogP contribution is 2.18. The minimum absolute atomic E-state index is 0.498. The van der Waals surface area contributed by atoms with Crippen LogP contribution in [-0.4, -0.2) is 23.8 Å². The first kappa shape index (κ1) is 14.1. The molecule has 0 aliphatic carbocycles.